The van der Waals surface area contributed by atoms with Gasteiger partial charge in [-0.3, -0.25) is 0 Å². The van der Waals surface area contributed by atoms with Crippen LogP contribution in [0, 0.1) is 0 Å². The molecule has 134 valence electrons. The third kappa shape index (κ3) is 3.57. The standard InChI is InChI=1S/C18H22N2O4S/c1-23-16-8-9-18(17(14-16)24-2)25(21,22)20-12-10-19(11-13-20)15-6-4-3-5-7-15/h3-9,14H,10-13H2,1-2H3. The minimum atomic E-state index is -3.61. The van der Waals surface area contributed by atoms with E-state index in [4.69, 9.17) is 9.47 Å². The molecule has 3 rings (SSSR count). The molecule has 2 aromatic rings. The van der Waals surface area contributed by atoms with Crippen LogP contribution in [0.5, 0.6) is 11.5 Å². The molecular formula is C18H22N2O4S. The van der Waals surface area contributed by atoms with Crippen LogP contribution in [0.25, 0.3) is 0 Å². The van der Waals surface area contributed by atoms with Gasteiger partial charge >= 0.3 is 0 Å². The number of methoxy groups -OCH3 is 2. The van der Waals surface area contributed by atoms with Crippen LogP contribution >= 0.6 is 0 Å². The van der Waals surface area contributed by atoms with Gasteiger partial charge < -0.3 is 14.4 Å². The molecule has 0 spiro atoms. The number of benzene rings is 2. The molecule has 0 unspecified atom stereocenters. The number of sulfonamides is 1. The van der Waals surface area contributed by atoms with E-state index in [9.17, 15) is 8.42 Å². The van der Waals surface area contributed by atoms with E-state index in [1.807, 2.05) is 30.3 Å². The van der Waals surface area contributed by atoms with Crippen molar-refractivity contribution in [3.05, 3.63) is 48.5 Å². The third-order valence-electron chi connectivity index (χ3n) is 4.35. The number of hydrogen-bond donors (Lipinski definition) is 0. The Bertz CT molecular complexity index is 816. The van der Waals surface area contributed by atoms with Gasteiger partial charge in [-0.2, -0.15) is 4.31 Å². The molecule has 0 amide bonds. The first-order valence-corrected chi connectivity index (χ1v) is 9.52. The summed E-state index contributed by atoms with van der Waals surface area (Å²) in [6, 6.07) is 14.8. The Kier molecular flexibility index (Phi) is 5.15. The number of ether oxygens (including phenoxy) is 2. The molecule has 1 fully saturated rings. The van der Waals surface area contributed by atoms with Crippen LogP contribution in [-0.4, -0.2) is 53.1 Å². The summed E-state index contributed by atoms with van der Waals surface area (Å²) in [5.74, 6) is 0.856. The van der Waals surface area contributed by atoms with Crippen molar-refractivity contribution >= 4 is 15.7 Å². The molecular weight excluding hydrogens is 340 g/mol. The van der Waals surface area contributed by atoms with Crippen molar-refractivity contribution in [2.45, 2.75) is 4.90 Å². The number of anilines is 1. The first-order chi connectivity index (χ1) is 12.1. The van der Waals surface area contributed by atoms with Gasteiger partial charge in [0, 0.05) is 37.9 Å². The molecule has 0 aliphatic carbocycles. The number of nitrogens with zero attached hydrogens (tertiary/aromatic N) is 2. The molecule has 7 heteroatoms. The van der Waals surface area contributed by atoms with Gasteiger partial charge in [0.25, 0.3) is 0 Å². The molecule has 0 aromatic heterocycles. The third-order valence-corrected chi connectivity index (χ3v) is 6.29. The lowest BCUT2D eigenvalue weighted by Crippen LogP contribution is -2.48. The van der Waals surface area contributed by atoms with E-state index in [1.54, 1.807) is 12.1 Å². The normalized spacial score (nSPS) is 15.8. The van der Waals surface area contributed by atoms with Gasteiger partial charge in [-0.15, -0.1) is 0 Å². The Hall–Kier alpha value is -2.25. The summed E-state index contributed by atoms with van der Waals surface area (Å²) in [6.07, 6.45) is 0. The molecule has 2 aromatic carbocycles. The van der Waals surface area contributed by atoms with E-state index in [2.05, 4.69) is 4.90 Å². The number of hydrogen-bond acceptors (Lipinski definition) is 5. The Balaban J connectivity index is 1.78. The van der Waals surface area contributed by atoms with Crippen molar-refractivity contribution < 1.29 is 17.9 Å². The average molecular weight is 362 g/mol. The van der Waals surface area contributed by atoms with Crippen molar-refractivity contribution in [3.63, 3.8) is 0 Å². The second kappa shape index (κ2) is 7.33. The topological polar surface area (TPSA) is 59.1 Å². The molecule has 0 radical (unpaired) electrons. The maximum atomic E-state index is 13.0. The summed E-state index contributed by atoms with van der Waals surface area (Å²) in [7, 11) is -0.616. The summed E-state index contributed by atoms with van der Waals surface area (Å²) >= 11 is 0. The van der Waals surface area contributed by atoms with Gasteiger partial charge in [-0.1, -0.05) is 18.2 Å². The van der Waals surface area contributed by atoms with Gasteiger partial charge in [0.15, 0.2) is 0 Å². The molecule has 0 bridgehead atoms. The van der Waals surface area contributed by atoms with E-state index >= 15 is 0 Å². The van der Waals surface area contributed by atoms with Crippen LogP contribution in [0.2, 0.25) is 0 Å². The van der Waals surface area contributed by atoms with Crippen LogP contribution < -0.4 is 14.4 Å². The maximum Gasteiger partial charge on any atom is 0.246 e. The van der Waals surface area contributed by atoms with Crippen LogP contribution in [0.1, 0.15) is 0 Å². The summed E-state index contributed by atoms with van der Waals surface area (Å²) < 4.78 is 37.9. The molecule has 1 heterocycles. The largest absolute Gasteiger partial charge is 0.497 e. The zero-order valence-corrected chi connectivity index (χ0v) is 15.2. The van der Waals surface area contributed by atoms with Gasteiger partial charge in [0.1, 0.15) is 16.4 Å². The van der Waals surface area contributed by atoms with Crippen molar-refractivity contribution in [1.29, 1.82) is 0 Å². The van der Waals surface area contributed by atoms with Crippen LogP contribution in [0.15, 0.2) is 53.4 Å². The van der Waals surface area contributed by atoms with Crippen molar-refractivity contribution in [3.8, 4) is 11.5 Å². The number of rotatable bonds is 5. The monoisotopic (exact) mass is 362 g/mol. The molecule has 1 saturated heterocycles. The number of piperazine rings is 1. The van der Waals surface area contributed by atoms with E-state index in [0.29, 0.717) is 37.7 Å². The SMILES string of the molecule is COc1ccc(S(=O)(=O)N2CCN(c3ccccc3)CC2)c(OC)c1. The summed E-state index contributed by atoms with van der Waals surface area (Å²) in [5.41, 5.74) is 1.11. The average Bonchev–Trinajstić information content (AvgIpc) is 2.68. The second-order valence-corrected chi connectivity index (χ2v) is 7.65. The first-order valence-electron chi connectivity index (χ1n) is 8.08. The zero-order chi connectivity index (χ0) is 17.9. The second-order valence-electron chi connectivity index (χ2n) is 5.74. The van der Waals surface area contributed by atoms with Crippen LogP contribution in [-0.2, 0) is 10.0 Å². The number of para-hydroxylation sites is 1. The van der Waals surface area contributed by atoms with Gasteiger partial charge in [-0.25, -0.2) is 8.42 Å². The van der Waals surface area contributed by atoms with Crippen LogP contribution in [0.4, 0.5) is 5.69 Å². The van der Waals surface area contributed by atoms with E-state index in [1.165, 1.54) is 24.6 Å². The Morgan fingerprint density at radius 2 is 1.56 bits per heavy atom. The smallest absolute Gasteiger partial charge is 0.246 e. The van der Waals surface area contributed by atoms with Gasteiger partial charge in [-0.05, 0) is 24.3 Å². The van der Waals surface area contributed by atoms with Gasteiger partial charge in [0.2, 0.25) is 10.0 Å². The predicted octanol–water partition coefficient (Wildman–Crippen LogP) is 2.21. The molecule has 1 aliphatic rings. The lowest BCUT2D eigenvalue weighted by molar-refractivity contribution is 0.370. The van der Waals surface area contributed by atoms with Crippen molar-refractivity contribution in [1.82, 2.24) is 4.31 Å². The van der Waals surface area contributed by atoms with Gasteiger partial charge in [0.05, 0.1) is 14.2 Å². The quantitative estimate of drug-likeness (QED) is 0.816. The molecule has 0 saturated carbocycles. The Morgan fingerprint density at radius 1 is 0.880 bits per heavy atom. The highest BCUT2D eigenvalue weighted by molar-refractivity contribution is 7.89. The zero-order valence-electron chi connectivity index (χ0n) is 14.4. The van der Waals surface area contributed by atoms with Crippen molar-refractivity contribution in [2.75, 3.05) is 45.3 Å². The highest BCUT2D eigenvalue weighted by Crippen LogP contribution is 2.31. The van der Waals surface area contributed by atoms with E-state index < -0.39 is 10.0 Å². The lowest BCUT2D eigenvalue weighted by atomic mass is 10.2. The minimum absolute atomic E-state index is 0.170. The highest BCUT2D eigenvalue weighted by Gasteiger charge is 2.31. The molecule has 6 nitrogen and oxygen atoms in total. The highest BCUT2D eigenvalue weighted by atomic mass is 32.2. The summed E-state index contributed by atoms with van der Waals surface area (Å²) in [6.45, 7) is 2.18. The molecule has 0 atom stereocenters. The Morgan fingerprint density at radius 3 is 2.16 bits per heavy atom. The van der Waals surface area contributed by atoms with Crippen LogP contribution in [0.3, 0.4) is 0 Å². The molecule has 0 N–H and O–H groups in total. The summed E-state index contributed by atoms with van der Waals surface area (Å²) in [4.78, 5) is 2.36. The molecule has 1 aliphatic heterocycles. The van der Waals surface area contributed by atoms with E-state index in [0.717, 1.165) is 5.69 Å². The van der Waals surface area contributed by atoms with E-state index in [-0.39, 0.29) is 4.90 Å². The predicted molar refractivity (Wildman–Crippen MR) is 97.0 cm³/mol. The fourth-order valence-corrected chi connectivity index (χ4v) is 4.51. The maximum absolute atomic E-state index is 13.0. The summed E-state index contributed by atoms with van der Waals surface area (Å²) in [5, 5.41) is 0. The molecule has 25 heavy (non-hydrogen) atoms. The fraction of sp³-hybridized carbons (Fsp3) is 0.333. The minimum Gasteiger partial charge on any atom is -0.497 e. The lowest BCUT2D eigenvalue weighted by Gasteiger charge is -2.35. The van der Waals surface area contributed by atoms with Crippen molar-refractivity contribution in [2.24, 2.45) is 0 Å². The first kappa shape index (κ1) is 17.6. The Labute approximate surface area is 148 Å². The fourth-order valence-electron chi connectivity index (χ4n) is 2.95.